The molecule has 0 aliphatic heterocycles. The van der Waals surface area contributed by atoms with Crippen LogP contribution < -0.4 is 0 Å². The van der Waals surface area contributed by atoms with Gasteiger partial charge in [0.25, 0.3) is 0 Å². The van der Waals surface area contributed by atoms with Crippen LogP contribution in [0.1, 0.15) is 29.5 Å². The third-order valence-corrected chi connectivity index (χ3v) is 2.72. The third kappa shape index (κ3) is 2.38. The van der Waals surface area contributed by atoms with Crippen molar-refractivity contribution in [3.05, 3.63) is 40.9 Å². The van der Waals surface area contributed by atoms with E-state index in [1.807, 2.05) is 0 Å². The van der Waals surface area contributed by atoms with Gasteiger partial charge in [0, 0.05) is 18.1 Å². The summed E-state index contributed by atoms with van der Waals surface area (Å²) in [4.78, 5) is 11.2. The van der Waals surface area contributed by atoms with Crippen LogP contribution in [0.3, 0.4) is 0 Å². The van der Waals surface area contributed by atoms with E-state index >= 15 is 0 Å². The fourth-order valence-corrected chi connectivity index (χ4v) is 1.83. The molecule has 0 saturated carbocycles. The summed E-state index contributed by atoms with van der Waals surface area (Å²) < 4.78 is 44.6. The highest BCUT2D eigenvalue weighted by Crippen LogP contribution is 2.30. The van der Waals surface area contributed by atoms with Crippen molar-refractivity contribution in [2.45, 2.75) is 19.8 Å². The average Bonchev–Trinajstić information content (AvgIpc) is 2.78. The summed E-state index contributed by atoms with van der Waals surface area (Å²) in [7, 11) is 0. The lowest BCUT2D eigenvalue weighted by Crippen LogP contribution is -2.03. The fraction of sp³-hybridized carbons (Fsp3) is 0.231. The van der Waals surface area contributed by atoms with Gasteiger partial charge in [0.2, 0.25) is 0 Å². The van der Waals surface area contributed by atoms with E-state index in [0.29, 0.717) is 25.0 Å². The molecule has 2 aromatic rings. The number of carboxylic acid groups (broad SMARTS) is 1. The molecule has 0 spiro atoms. The molecule has 4 nitrogen and oxygen atoms in total. The number of aromatic carboxylic acids is 1. The molecule has 0 aliphatic rings. The number of hydrogen-bond donors (Lipinski definition) is 1. The maximum atomic E-state index is 13.7. The average molecular weight is 285 g/mol. The zero-order valence-corrected chi connectivity index (χ0v) is 10.4. The van der Waals surface area contributed by atoms with E-state index in [2.05, 4.69) is 5.16 Å². The lowest BCUT2D eigenvalue weighted by Gasteiger charge is -2.02. The van der Waals surface area contributed by atoms with Gasteiger partial charge in [-0.05, 0) is 12.5 Å². The first-order valence-electron chi connectivity index (χ1n) is 5.82. The van der Waals surface area contributed by atoms with E-state index in [9.17, 15) is 18.0 Å². The first kappa shape index (κ1) is 14.1. The Morgan fingerprint density at radius 3 is 2.50 bits per heavy atom. The molecule has 0 saturated heterocycles. The van der Waals surface area contributed by atoms with Gasteiger partial charge in [0.15, 0.2) is 17.4 Å². The molecule has 1 heterocycles. The van der Waals surface area contributed by atoms with Crippen molar-refractivity contribution in [3.63, 3.8) is 0 Å². The van der Waals surface area contributed by atoms with Crippen molar-refractivity contribution >= 4 is 5.97 Å². The summed E-state index contributed by atoms with van der Waals surface area (Å²) >= 11 is 0. The Morgan fingerprint density at radius 1 is 1.25 bits per heavy atom. The topological polar surface area (TPSA) is 63.3 Å². The number of halogens is 3. The van der Waals surface area contributed by atoms with Gasteiger partial charge in [0.1, 0.15) is 17.1 Å². The van der Waals surface area contributed by atoms with Gasteiger partial charge < -0.3 is 9.63 Å². The van der Waals surface area contributed by atoms with Crippen LogP contribution in [0.15, 0.2) is 16.7 Å². The van der Waals surface area contributed by atoms with E-state index in [1.54, 1.807) is 6.92 Å². The Morgan fingerprint density at radius 2 is 1.90 bits per heavy atom. The van der Waals surface area contributed by atoms with Gasteiger partial charge in [-0.2, -0.15) is 0 Å². The molecule has 1 N–H and O–H groups in total. The van der Waals surface area contributed by atoms with Crippen molar-refractivity contribution in [3.8, 4) is 11.3 Å². The summed E-state index contributed by atoms with van der Waals surface area (Å²) in [5, 5.41) is 12.6. The number of aromatic nitrogens is 1. The predicted octanol–water partition coefficient (Wildman–Crippen LogP) is 3.41. The maximum absolute atomic E-state index is 13.7. The van der Waals surface area contributed by atoms with Gasteiger partial charge >= 0.3 is 5.97 Å². The number of rotatable bonds is 4. The van der Waals surface area contributed by atoms with E-state index in [4.69, 9.17) is 9.63 Å². The zero-order chi connectivity index (χ0) is 14.9. The molecule has 0 atom stereocenters. The lowest BCUT2D eigenvalue weighted by molar-refractivity contribution is 0.0695. The van der Waals surface area contributed by atoms with Gasteiger partial charge in [-0.15, -0.1) is 0 Å². The van der Waals surface area contributed by atoms with Gasteiger partial charge in [-0.1, -0.05) is 12.1 Å². The molecular weight excluding hydrogens is 275 g/mol. The Labute approximate surface area is 111 Å². The summed E-state index contributed by atoms with van der Waals surface area (Å²) in [6.07, 6.45) is 0.884. The SMILES string of the molecule is CCCc1onc(-c2cc(F)c(F)cc2F)c1C(=O)O. The minimum absolute atomic E-state index is 0.0686. The van der Waals surface area contributed by atoms with E-state index < -0.39 is 29.0 Å². The predicted molar refractivity (Wildman–Crippen MR) is 62.8 cm³/mol. The van der Waals surface area contributed by atoms with Crippen LogP contribution in [0.2, 0.25) is 0 Å². The summed E-state index contributed by atoms with van der Waals surface area (Å²) in [6.45, 7) is 1.80. The van der Waals surface area contributed by atoms with Crippen molar-refractivity contribution in [2.24, 2.45) is 0 Å². The van der Waals surface area contributed by atoms with E-state index in [0.717, 1.165) is 0 Å². The van der Waals surface area contributed by atoms with Gasteiger partial charge in [-0.25, -0.2) is 18.0 Å². The monoisotopic (exact) mass is 285 g/mol. The smallest absolute Gasteiger partial charge is 0.341 e. The van der Waals surface area contributed by atoms with Crippen LogP contribution >= 0.6 is 0 Å². The summed E-state index contributed by atoms with van der Waals surface area (Å²) in [6, 6.07) is 0.898. The number of carbonyl (C=O) groups is 1. The first-order chi connectivity index (χ1) is 9.45. The second kappa shape index (κ2) is 5.36. The highest BCUT2D eigenvalue weighted by atomic mass is 19.2. The molecule has 0 radical (unpaired) electrons. The Hall–Kier alpha value is -2.31. The van der Waals surface area contributed by atoms with Crippen LogP contribution in [0.25, 0.3) is 11.3 Å². The molecule has 0 fully saturated rings. The summed E-state index contributed by atoms with van der Waals surface area (Å²) in [5.41, 5.74) is -1.14. The second-order valence-electron chi connectivity index (χ2n) is 4.13. The minimum atomic E-state index is -1.37. The number of carboxylic acids is 1. The maximum Gasteiger partial charge on any atom is 0.341 e. The van der Waals surface area contributed by atoms with Gasteiger partial charge in [-0.3, -0.25) is 0 Å². The number of benzene rings is 1. The van der Waals surface area contributed by atoms with Crippen LogP contribution in [-0.2, 0) is 6.42 Å². The molecule has 0 aliphatic carbocycles. The Balaban J connectivity index is 2.64. The third-order valence-electron chi connectivity index (χ3n) is 2.72. The largest absolute Gasteiger partial charge is 0.477 e. The Kier molecular flexibility index (Phi) is 3.78. The molecule has 106 valence electrons. The first-order valence-corrected chi connectivity index (χ1v) is 5.82. The molecule has 0 amide bonds. The minimum Gasteiger partial charge on any atom is -0.477 e. The van der Waals surface area contributed by atoms with Crippen molar-refractivity contribution in [2.75, 3.05) is 0 Å². The van der Waals surface area contributed by atoms with Gasteiger partial charge in [0.05, 0.1) is 0 Å². The quantitative estimate of drug-likeness (QED) is 0.874. The number of nitrogens with zero attached hydrogens (tertiary/aromatic N) is 1. The molecular formula is C13H10F3NO3. The normalized spacial score (nSPS) is 10.8. The van der Waals surface area contributed by atoms with Crippen molar-refractivity contribution < 1.29 is 27.6 Å². The van der Waals surface area contributed by atoms with E-state index in [1.165, 1.54) is 0 Å². The van der Waals surface area contributed by atoms with Crippen LogP contribution in [0, 0.1) is 17.5 Å². The van der Waals surface area contributed by atoms with Crippen LogP contribution in [0.5, 0.6) is 0 Å². The number of aryl methyl sites for hydroxylation is 1. The van der Waals surface area contributed by atoms with Crippen LogP contribution in [0.4, 0.5) is 13.2 Å². The fourth-order valence-electron chi connectivity index (χ4n) is 1.83. The van der Waals surface area contributed by atoms with Crippen molar-refractivity contribution in [1.82, 2.24) is 5.16 Å². The molecule has 1 aromatic carbocycles. The van der Waals surface area contributed by atoms with Crippen molar-refractivity contribution in [1.29, 1.82) is 0 Å². The second-order valence-corrected chi connectivity index (χ2v) is 4.13. The molecule has 1 aromatic heterocycles. The lowest BCUT2D eigenvalue weighted by atomic mass is 10.0. The Bertz CT molecular complexity index is 667. The number of hydrogen-bond acceptors (Lipinski definition) is 3. The summed E-state index contributed by atoms with van der Waals surface area (Å²) in [5.74, 6) is -5.06. The zero-order valence-electron chi connectivity index (χ0n) is 10.4. The van der Waals surface area contributed by atoms with E-state index in [-0.39, 0.29) is 17.0 Å². The molecule has 0 bridgehead atoms. The molecule has 7 heteroatoms. The molecule has 0 unspecified atom stereocenters. The molecule has 2 rings (SSSR count). The standard InChI is InChI=1S/C13H10F3NO3/c1-2-3-10-11(13(18)19)12(17-20-10)6-4-8(15)9(16)5-7(6)14/h4-5H,2-3H2,1H3,(H,18,19). The van der Waals surface area contributed by atoms with Crippen LogP contribution in [-0.4, -0.2) is 16.2 Å². The highest BCUT2D eigenvalue weighted by molar-refractivity contribution is 5.95. The highest BCUT2D eigenvalue weighted by Gasteiger charge is 2.25. The molecule has 20 heavy (non-hydrogen) atoms.